The molecule has 1 aliphatic heterocycles. The fraction of sp³-hybridized carbons (Fsp3) is 0.0714. The van der Waals surface area contributed by atoms with Crippen LogP contribution in [0.1, 0.15) is 5.56 Å². The maximum absolute atomic E-state index is 12.1. The van der Waals surface area contributed by atoms with Crippen molar-refractivity contribution >= 4 is 33.9 Å². The van der Waals surface area contributed by atoms with E-state index in [0.717, 1.165) is 27.5 Å². The van der Waals surface area contributed by atoms with E-state index in [-0.39, 0.29) is 0 Å². The van der Waals surface area contributed by atoms with Gasteiger partial charge in [0.1, 0.15) is 11.5 Å². The number of hydrogen-bond donors (Lipinski definition) is 0. The second-order valence-electron chi connectivity index (χ2n) is 3.99. The lowest BCUT2D eigenvalue weighted by Gasteiger charge is -2.15. The van der Waals surface area contributed by atoms with E-state index in [2.05, 4.69) is 0 Å². The summed E-state index contributed by atoms with van der Waals surface area (Å²) < 4.78 is 12.1. The lowest BCUT2D eigenvalue weighted by molar-refractivity contribution is -0.106. The first kappa shape index (κ1) is 10.4. The van der Waals surface area contributed by atoms with Gasteiger partial charge in [-0.15, -0.1) is 0 Å². The highest BCUT2D eigenvalue weighted by molar-refractivity contribution is 7.86. The Morgan fingerprint density at radius 3 is 2.53 bits per heavy atom. The van der Waals surface area contributed by atoms with E-state index in [4.69, 9.17) is 0 Å². The number of rotatable bonds is 1. The number of fused-ring (bicyclic) bond motifs is 2. The van der Waals surface area contributed by atoms with Gasteiger partial charge in [-0.05, 0) is 28.5 Å². The van der Waals surface area contributed by atoms with Gasteiger partial charge in [0.05, 0.1) is 10.8 Å². The van der Waals surface area contributed by atoms with Gasteiger partial charge in [-0.3, -0.25) is 4.21 Å². The first-order valence-corrected chi connectivity index (χ1v) is 6.58. The molecule has 0 bridgehead atoms. The van der Waals surface area contributed by atoms with Gasteiger partial charge in [0.2, 0.25) is 0 Å². The lowest BCUT2D eigenvalue weighted by atomic mass is 10.1. The fourth-order valence-corrected chi connectivity index (χ4v) is 3.27. The van der Waals surface area contributed by atoms with Gasteiger partial charge in [0, 0.05) is 4.90 Å². The van der Waals surface area contributed by atoms with E-state index in [1.165, 1.54) is 0 Å². The van der Waals surface area contributed by atoms with E-state index in [1.807, 2.05) is 42.5 Å². The van der Waals surface area contributed by atoms with Gasteiger partial charge < -0.3 is 4.79 Å². The molecule has 2 unspecified atom stereocenters. The van der Waals surface area contributed by atoms with Gasteiger partial charge in [-0.1, -0.05) is 36.4 Å². The molecule has 0 aliphatic carbocycles. The quantitative estimate of drug-likeness (QED) is 0.720. The largest absolute Gasteiger partial charge is 0.302 e. The smallest absolute Gasteiger partial charge is 0.139 e. The van der Waals surface area contributed by atoms with Crippen molar-refractivity contribution in [1.82, 2.24) is 0 Å². The molecule has 0 radical (unpaired) electrons. The molecule has 1 heterocycles. The van der Waals surface area contributed by atoms with E-state index in [0.29, 0.717) is 0 Å². The molecular weight excluding hydrogens is 232 g/mol. The van der Waals surface area contributed by atoms with Crippen molar-refractivity contribution in [3.63, 3.8) is 0 Å². The van der Waals surface area contributed by atoms with Crippen LogP contribution >= 0.6 is 0 Å². The molecule has 0 saturated heterocycles. The van der Waals surface area contributed by atoms with Gasteiger partial charge >= 0.3 is 0 Å². The summed E-state index contributed by atoms with van der Waals surface area (Å²) in [5.41, 5.74) is 0.945. The maximum Gasteiger partial charge on any atom is 0.139 e. The van der Waals surface area contributed by atoms with Crippen molar-refractivity contribution in [2.45, 2.75) is 10.1 Å². The van der Waals surface area contributed by atoms with Crippen molar-refractivity contribution in [2.75, 3.05) is 0 Å². The number of carbonyl (C=O) groups excluding carboxylic acids is 1. The molecule has 0 amide bonds. The molecule has 0 fully saturated rings. The number of benzene rings is 2. The van der Waals surface area contributed by atoms with Crippen LogP contribution in [0.15, 0.2) is 47.4 Å². The van der Waals surface area contributed by atoms with Crippen molar-refractivity contribution in [2.24, 2.45) is 0 Å². The third kappa shape index (κ3) is 1.63. The van der Waals surface area contributed by atoms with Crippen LogP contribution in [0.5, 0.6) is 0 Å². The van der Waals surface area contributed by atoms with Gasteiger partial charge in [-0.25, -0.2) is 0 Å². The monoisotopic (exact) mass is 242 g/mol. The van der Waals surface area contributed by atoms with E-state index in [9.17, 15) is 9.00 Å². The minimum absolute atomic E-state index is 0.510. The van der Waals surface area contributed by atoms with Crippen molar-refractivity contribution in [1.29, 1.82) is 0 Å². The third-order valence-electron chi connectivity index (χ3n) is 2.94. The van der Waals surface area contributed by atoms with Crippen LogP contribution in [0.2, 0.25) is 0 Å². The molecule has 17 heavy (non-hydrogen) atoms. The predicted octanol–water partition coefficient (Wildman–Crippen LogP) is 2.54. The Morgan fingerprint density at radius 1 is 1.12 bits per heavy atom. The number of aldehydes is 1. The van der Waals surface area contributed by atoms with Crippen molar-refractivity contribution in [3.05, 3.63) is 48.0 Å². The molecule has 84 valence electrons. The molecule has 1 aliphatic rings. The Bertz CT molecular complexity index is 658. The average molecular weight is 242 g/mol. The first-order valence-electron chi connectivity index (χ1n) is 5.36. The Morgan fingerprint density at radius 2 is 1.82 bits per heavy atom. The highest BCUT2D eigenvalue weighted by atomic mass is 32.2. The molecule has 2 atom stereocenters. The standard InChI is InChI=1S/C14H10O2S/c15-9-13-6-5-12-7-10-3-1-2-4-11(10)8-14(12)17(13)16/h1-9,13H. The highest BCUT2D eigenvalue weighted by Gasteiger charge is 2.21. The molecule has 0 aromatic heterocycles. The predicted molar refractivity (Wildman–Crippen MR) is 69.2 cm³/mol. The minimum atomic E-state index is -1.26. The summed E-state index contributed by atoms with van der Waals surface area (Å²) in [4.78, 5) is 11.6. The zero-order valence-corrected chi connectivity index (χ0v) is 9.81. The Kier molecular flexibility index (Phi) is 2.41. The Labute approximate surface area is 101 Å². The van der Waals surface area contributed by atoms with Crippen molar-refractivity contribution in [3.8, 4) is 0 Å². The fourth-order valence-electron chi connectivity index (χ4n) is 2.05. The summed E-state index contributed by atoms with van der Waals surface area (Å²) in [7, 11) is -1.26. The van der Waals surface area contributed by atoms with Gasteiger partial charge in [-0.2, -0.15) is 0 Å². The van der Waals surface area contributed by atoms with Crippen LogP contribution < -0.4 is 0 Å². The first-order chi connectivity index (χ1) is 8.29. The normalized spacial score (nSPS) is 22.4. The van der Waals surface area contributed by atoms with Gasteiger partial charge in [0.15, 0.2) is 0 Å². The van der Waals surface area contributed by atoms with Crippen molar-refractivity contribution < 1.29 is 9.00 Å². The zero-order chi connectivity index (χ0) is 11.8. The lowest BCUT2D eigenvalue weighted by Crippen LogP contribution is -2.17. The van der Waals surface area contributed by atoms with Gasteiger partial charge in [0.25, 0.3) is 0 Å². The molecule has 0 N–H and O–H groups in total. The average Bonchev–Trinajstić information content (AvgIpc) is 2.37. The summed E-state index contributed by atoms with van der Waals surface area (Å²) >= 11 is 0. The van der Waals surface area contributed by atoms with Crippen LogP contribution in [0.3, 0.4) is 0 Å². The molecule has 0 saturated carbocycles. The topological polar surface area (TPSA) is 34.1 Å². The molecular formula is C14H10O2S. The number of hydrogen-bond acceptors (Lipinski definition) is 2. The number of carbonyl (C=O) groups is 1. The molecule has 2 aromatic carbocycles. The Hall–Kier alpha value is -1.74. The van der Waals surface area contributed by atoms with Crippen LogP contribution in [0.4, 0.5) is 0 Å². The summed E-state index contributed by atoms with van der Waals surface area (Å²) in [5.74, 6) is 0. The van der Waals surface area contributed by atoms with Crippen LogP contribution in [0.25, 0.3) is 16.8 Å². The van der Waals surface area contributed by atoms with E-state index < -0.39 is 16.0 Å². The van der Waals surface area contributed by atoms with Crippen LogP contribution in [0, 0.1) is 0 Å². The van der Waals surface area contributed by atoms with Crippen LogP contribution in [-0.4, -0.2) is 15.7 Å². The third-order valence-corrected chi connectivity index (χ3v) is 4.49. The molecule has 0 spiro atoms. The summed E-state index contributed by atoms with van der Waals surface area (Å²) in [5, 5.41) is 1.67. The van der Waals surface area contributed by atoms with E-state index >= 15 is 0 Å². The maximum atomic E-state index is 12.1. The molecule has 2 aromatic rings. The zero-order valence-electron chi connectivity index (χ0n) is 9.00. The molecule has 2 nitrogen and oxygen atoms in total. The second kappa shape index (κ2) is 3.93. The molecule has 3 rings (SSSR count). The summed E-state index contributed by atoms with van der Waals surface area (Å²) in [6.45, 7) is 0. The second-order valence-corrected chi connectivity index (χ2v) is 5.57. The molecule has 3 heteroatoms. The Balaban J connectivity index is 2.28. The summed E-state index contributed by atoms with van der Waals surface area (Å²) in [6.07, 6.45) is 4.33. The summed E-state index contributed by atoms with van der Waals surface area (Å²) in [6, 6.07) is 11.9. The van der Waals surface area contributed by atoms with E-state index in [1.54, 1.807) is 6.08 Å². The van der Waals surface area contributed by atoms with Crippen LogP contribution in [-0.2, 0) is 15.6 Å². The SMILES string of the molecule is O=CC1C=Cc2cc3ccccc3cc2S1=O. The highest BCUT2D eigenvalue weighted by Crippen LogP contribution is 2.28. The minimum Gasteiger partial charge on any atom is -0.302 e.